The number of imidazole rings is 2. The van der Waals surface area contributed by atoms with Crippen molar-refractivity contribution in [3.05, 3.63) is 91.4 Å². The SMILES string of the molecule is CCS(=O)(=O)N1CC(CC#[N+]n2cc(-c3cc4nccn4c(-c4cnn(C5(CC#N)CN(S(=O)(=O)C(F)(F)F)C5)c4)n3)c[n+]2C)(n2cc(-c3nc(-c4cnn(C)c4)cc4nccn34)cn2)C1. The Kier molecular flexibility index (Phi) is 9.76. The third-order valence-corrected chi connectivity index (χ3v) is 15.2. The van der Waals surface area contributed by atoms with Crippen molar-refractivity contribution in [3.63, 3.8) is 0 Å². The number of aryl methyl sites for hydroxylation is 2. The fraction of sp³-hybridized carbons (Fsp3) is 0.333. The number of nitriles is 1. The number of aromatic nitrogens is 14. The molecule has 0 N–H and O–H groups in total. The molecular weight excluding hydrogens is 906 g/mol. The standard InChI is InChI=1S/C39H37F3N18O4S2/c1-4-65(61,62)54-23-38(24-54,59-21-29(17-49-59)35-50-31(27-15-47-52(2)18-27)13-33-44-9-11-56(33)35)6-8-46-60-22-30(19-53(60)3)32-14-34-45-10-12-57(34)36(51-32)28-16-48-58(20-28)37(5-7-43)25-55(26-37)66(63,64)39(40,41)42/h9-22H,4-6,23-26H2,1-3H3/q+2. The molecule has 0 spiro atoms. The second-order valence-corrected chi connectivity index (χ2v) is 20.4. The summed E-state index contributed by atoms with van der Waals surface area (Å²) in [5.74, 6) is 0.895. The summed E-state index contributed by atoms with van der Waals surface area (Å²) in [5.41, 5.74) is -2.76. The number of nitrogens with zero attached hydrogens (tertiary/aromatic N) is 18. The van der Waals surface area contributed by atoms with Crippen molar-refractivity contribution in [3.8, 4) is 57.4 Å². The maximum atomic E-state index is 13.3. The Labute approximate surface area is 372 Å². The minimum absolute atomic E-state index is 0.0575. The van der Waals surface area contributed by atoms with Crippen LogP contribution in [0.25, 0.3) is 61.5 Å². The molecule has 0 radical (unpaired) electrons. The molecule has 0 unspecified atom stereocenters. The van der Waals surface area contributed by atoms with Crippen molar-refractivity contribution in [2.75, 3.05) is 31.9 Å². The van der Waals surface area contributed by atoms with Crippen molar-refractivity contribution in [2.45, 2.75) is 36.4 Å². The van der Waals surface area contributed by atoms with Crippen molar-refractivity contribution in [2.24, 2.45) is 14.1 Å². The normalized spacial score (nSPS) is 16.5. The van der Waals surface area contributed by atoms with Crippen molar-refractivity contribution >= 4 is 31.3 Å². The maximum Gasteiger partial charge on any atom is 0.511 e. The van der Waals surface area contributed by atoms with E-state index in [-0.39, 0.29) is 36.0 Å². The molecule has 2 saturated heterocycles. The molecule has 66 heavy (non-hydrogen) atoms. The van der Waals surface area contributed by atoms with E-state index in [0.29, 0.717) is 51.0 Å². The lowest BCUT2D eigenvalue weighted by Gasteiger charge is -2.47. The Morgan fingerprint density at radius 2 is 1.32 bits per heavy atom. The molecule has 8 aromatic heterocycles. The molecule has 0 aliphatic carbocycles. The monoisotopic (exact) mass is 942 g/mol. The quantitative estimate of drug-likeness (QED) is 0.171. The second kappa shape index (κ2) is 15.1. The van der Waals surface area contributed by atoms with Crippen LogP contribution in [-0.4, -0.2) is 126 Å². The Balaban J connectivity index is 0.937. The first-order valence-electron chi connectivity index (χ1n) is 20.1. The van der Waals surface area contributed by atoms with Gasteiger partial charge in [0.05, 0.1) is 64.9 Å². The fourth-order valence-corrected chi connectivity index (χ4v) is 10.6. The van der Waals surface area contributed by atoms with E-state index in [1.54, 1.807) is 92.8 Å². The summed E-state index contributed by atoms with van der Waals surface area (Å²) in [5, 5.41) is 22.9. The zero-order chi connectivity index (χ0) is 46.4. The Morgan fingerprint density at radius 3 is 1.85 bits per heavy atom. The van der Waals surface area contributed by atoms with Gasteiger partial charge in [-0.2, -0.15) is 42.3 Å². The lowest BCUT2D eigenvalue weighted by atomic mass is 9.89. The molecule has 0 amide bonds. The van der Waals surface area contributed by atoms with E-state index in [1.807, 2.05) is 36.0 Å². The molecule has 0 bridgehead atoms. The third-order valence-electron chi connectivity index (χ3n) is 11.9. The molecule has 0 atom stereocenters. The number of rotatable bonds is 11. The van der Waals surface area contributed by atoms with Gasteiger partial charge in [-0.3, -0.25) is 22.8 Å². The predicted molar refractivity (Wildman–Crippen MR) is 226 cm³/mol. The van der Waals surface area contributed by atoms with Crippen LogP contribution in [0.2, 0.25) is 0 Å². The maximum absolute atomic E-state index is 13.3. The van der Waals surface area contributed by atoms with Gasteiger partial charge in [-0.1, -0.05) is 0 Å². The van der Waals surface area contributed by atoms with Crippen LogP contribution in [0.5, 0.6) is 0 Å². The molecule has 0 aromatic carbocycles. The van der Waals surface area contributed by atoms with Crippen LogP contribution in [0.3, 0.4) is 0 Å². The first kappa shape index (κ1) is 42.6. The molecule has 0 saturated carbocycles. The number of hydrogen-bond donors (Lipinski definition) is 0. The molecular formula is C39H37F3N18O4S2+2. The van der Waals surface area contributed by atoms with Gasteiger partial charge in [0.2, 0.25) is 16.2 Å². The lowest BCUT2D eigenvalue weighted by molar-refractivity contribution is -0.745. The second-order valence-electron chi connectivity index (χ2n) is 16.2. The molecule has 10 rings (SSSR count). The largest absolute Gasteiger partial charge is 0.511 e. The van der Waals surface area contributed by atoms with Crippen molar-refractivity contribution in [1.82, 2.24) is 71.5 Å². The van der Waals surface area contributed by atoms with Crippen LogP contribution >= 0.6 is 0 Å². The summed E-state index contributed by atoms with van der Waals surface area (Å²) < 4.78 is 102. The molecule has 2 aliphatic rings. The van der Waals surface area contributed by atoms with Gasteiger partial charge in [-0.15, -0.1) is 0 Å². The predicted octanol–water partition coefficient (Wildman–Crippen LogP) is 2.51. The number of sulfonamides is 2. The van der Waals surface area contributed by atoms with Gasteiger partial charge >= 0.3 is 21.6 Å². The Morgan fingerprint density at radius 1 is 0.773 bits per heavy atom. The summed E-state index contributed by atoms with van der Waals surface area (Å²) in [7, 11) is -5.51. The first-order chi connectivity index (χ1) is 31.4. The molecule has 22 nitrogen and oxygen atoms in total. The number of alkyl halides is 3. The van der Waals surface area contributed by atoms with Crippen molar-refractivity contribution < 1.29 is 34.7 Å². The fourth-order valence-electron chi connectivity index (χ4n) is 8.23. The number of halogens is 3. The summed E-state index contributed by atoms with van der Waals surface area (Å²) in [4.78, 5) is 24.9. The van der Waals surface area contributed by atoms with E-state index in [2.05, 4.69) is 31.2 Å². The van der Waals surface area contributed by atoms with Gasteiger partial charge in [0.15, 0.2) is 18.0 Å². The van der Waals surface area contributed by atoms with Gasteiger partial charge in [0.25, 0.3) is 0 Å². The molecule has 8 aromatic rings. The summed E-state index contributed by atoms with van der Waals surface area (Å²) in [6.07, 6.45) is 20.2. The average molecular weight is 943 g/mol. The van der Waals surface area contributed by atoms with Crippen LogP contribution in [0.1, 0.15) is 19.8 Å². The van der Waals surface area contributed by atoms with E-state index in [9.17, 15) is 35.3 Å². The number of hydrogen-bond acceptors (Lipinski definition) is 12. The van der Waals surface area contributed by atoms with Crippen LogP contribution < -0.4 is 4.68 Å². The van der Waals surface area contributed by atoms with Crippen LogP contribution in [0, 0.1) is 17.4 Å². The summed E-state index contributed by atoms with van der Waals surface area (Å²) in [6.45, 7) is 0.688. The average Bonchev–Trinajstić information content (AvgIpc) is 4.11. The number of fused-ring (bicyclic) bond motifs is 2. The highest BCUT2D eigenvalue weighted by Gasteiger charge is 2.59. The highest BCUT2D eigenvalue weighted by atomic mass is 32.2. The van der Waals surface area contributed by atoms with Gasteiger partial charge in [-0.25, -0.2) is 36.8 Å². The zero-order valence-electron chi connectivity index (χ0n) is 35.2. The highest BCUT2D eigenvalue weighted by molar-refractivity contribution is 7.90. The van der Waals surface area contributed by atoms with Crippen LogP contribution in [0.4, 0.5) is 13.2 Å². The van der Waals surface area contributed by atoms with E-state index in [1.165, 1.54) is 21.4 Å². The highest BCUT2D eigenvalue weighted by Crippen LogP contribution is 2.40. The lowest BCUT2D eigenvalue weighted by Crippen LogP contribution is -2.65. The van der Waals surface area contributed by atoms with E-state index in [0.717, 1.165) is 5.56 Å². The smallest absolute Gasteiger partial charge is 0.284 e. The van der Waals surface area contributed by atoms with Gasteiger partial charge in [0.1, 0.15) is 45.4 Å². The Bertz CT molecular complexity index is 3550. The van der Waals surface area contributed by atoms with Gasteiger partial charge < -0.3 is 0 Å². The summed E-state index contributed by atoms with van der Waals surface area (Å²) >= 11 is 0. The molecule has 338 valence electrons. The zero-order valence-corrected chi connectivity index (χ0v) is 36.8. The van der Waals surface area contributed by atoms with Gasteiger partial charge in [0, 0.05) is 94.3 Å². The molecule has 2 aliphatic heterocycles. The third kappa shape index (κ3) is 6.98. The van der Waals surface area contributed by atoms with Crippen molar-refractivity contribution in [1.29, 1.82) is 5.26 Å². The van der Waals surface area contributed by atoms with Crippen LogP contribution in [-0.2, 0) is 45.2 Å². The minimum atomic E-state index is -5.59. The Hall–Kier alpha value is -7.33. The topological polar surface area (TPSA) is 226 Å². The minimum Gasteiger partial charge on any atom is -0.284 e. The van der Waals surface area contributed by atoms with Crippen LogP contribution in [0.15, 0.2) is 86.5 Å². The molecule has 2 fully saturated rings. The first-order valence-corrected chi connectivity index (χ1v) is 23.2. The summed E-state index contributed by atoms with van der Waals surface area (Å²) in [6, 6.07) is 8.71. The molecule has 27 heteroatoms. The van der Waals surface area contributed by atoms with Gasteiger partial charge in [-0.05, 0) is 11.6 Å². The molecule has 10 heterocycles. The van der Waals surface area contributed by atoms with E-state index < -0.39 is 49.7 Å². The van der Waals surface area contributed by atoms with E-state index in [4.69, 9.17) is 15.1 Å². The van der Waals surface area contributed by atoms with E-state index >= 15 is 0 Å².